The maximum absolute atomic E-state index is 12.8. The number of ether oxygens (including phenoxy) is 1. The molecule has 156 valence electrons. The van der Waals surface area contributed by atoms with Crippen LogP contribution in [0.15, 0.2) is 0 Å². The molecular weight excluding hydrogens is 370 g/mol. The maximum atomic E-state index is 12.8. The summed E-state index contributed by atoms with van der Waals surface area (Å²) in [5.74, 6) is 1.29. The molecule has 0 saturated heterocycles. The molecule has 1 aliphatic heterocycles. The van der Waals surface area contributed by atoms with Gasteiger partial charge >= 0.3 is 0 Å². The van der Waals surface area contributed by atoms with Crippen LogP contribution >= 0.6 is 0 Å². The van der Waals surface area contributed by atoms with Crippen molar-refractivity contribution >= 4 is 32.5 Å². The summed E-state index contributed by atoms with van der Waals surface area (Å²) < 4.78 is 18.7. The Labute approximate surface area is 161 Å². The first-order chi connectivity index (χ1) is 12.4. The first kappa shape index (κ1) is 21.6. The van der Waals surface area contributed by atoms with Crippen molar-refractivity contribution in [2.45, 2.75) is 39.5 Å². The van der Waals surface area contributed by atoms with E-state index in [0.29, 0.717) is 37.0 Å². The fourth-order valence-electron chi connectivity index (χ4n) is 2.83. The number of nitrogen functional groups attached to an aromatic ring is 1. The Bertz CT molecular complexity index is 728. The normalized spacial score (nSPS) is 17.6. The second-order valence-electron chi connectivity index (χ2n) is 7.66. The molecule has 5 N–H and O–H groups in total. The van der Waals surface area contributed by atoms with Gasteiger partial charge in [0.25, 0.3) is 0 Å². The number of nitrogens with zero attached hydrogens (tertiary/aromatic N) is 4. The van der Waals surface area contributed by atoms with Gasteiger partial charge in [-0.15, -0.1) is 0 Å². The van der Waals surface area contributed by atoms with E-state index in [0.717, 1.165) is 0 Å². The Balaban J connectivity index is 2.41. The molecule has 1 aliphatic rings. The molecule has 1 aromatic rings. The van der Waals surface area contributed by atoms with Gasteiger partial charge in [0, 0.05) is 25.3 Å². The van der Waals surface area contributed by atoms with E-state index in [1.165, 1.54) is 0 Å². The third-order valence-corrected chi connectivity index (χ3v) is 4.77. The van der Waals surface area contributed by atoms with Gasteiger partial charge in [-0.1, -0.05) is 6.92 Å². The largest absolute Gasteiger partial charge is 0.394 e. The molecule has 0 bridgehead atoms. The highest BCUT2D eigenvalue weighted by atomic mass is 32.3. The highest BCUT2D eigenvalue weighted by Crippen LogP contribution is 2.39. The molecule has 2 heterocycles. The SMILES string of the molecule is CCC(OC(C)CO)N1CNc2c(N(CC)NS(C)(C)(C)=O)nc(N)nc21. The van der Waals surface area contributed by atoms with Gasteiger partial charge in [-0.25, -0.2) is 0 Å². The van der Waals surface area contributed by atoms with Gasteiger partial charge in [-0.3, -0.25) is 9.22 Å². The lowest BCUT2D eigenvalue weighted by Gasteiger charge is -2.37. The molecule has 11 heteroatoms. The summed E-state index contributed by atoms with van der Waals surface area (Å²) in [6.45, 7) is 6.69. The standard InChI is InChI=1S/C16H33N7O3S/c1-7-12(26-11(3)9-24)22-10-18-13-14(22)19-16(17)20-15(13)23(8-2)21-27(4,5,6)25/h11-12,18,24H,7-10H2,1-6H3,(H,21,25)(H2,17,19,20). The first-order valence-corrected chi connectivity index (χ1v) is 12.2. The van der Waals surface area contributed by atoms with Gasteiger partial charge in [0.05, 0.1) is 19.4 Å². The van der Waals surface area contributed by atoms with E-state index < -0.39 is 9.25 Å². The number of aliphatic hydroxyl groups excluding tert-OH is 1. The van der Waals surface area contributed by atoms with Crippen LogP contribution in [0.2, 0.25) is 0 Å². The van der Waals surface area contributed by atoms with Crippen molar-refractivity contribution in [1.29, 1.82) is 0 Å². The molecule has 1 aromatic heterocycles. The molecule has 0 aromatic carbocycles. The van der Waals surface area contributed by atoms with E-state index in [2.05, 4.69) is 20.1 Å². The van der Waals surface area contributed by atoms with Crippen molar-refractivity contribution in [3.8, 4) is 0 Å². The quantitative estimate of drug-likeness (QED) is 0.431. The number of rotatable bonds is 9. The van der Waals surface area contributed by atoms with Crippen molar-refractivity contribution in [1.82, 2.24) is 14.8 Å². The van der Waals surface area contributed by atoms with Gasteiger partial charge in [0.1, 0.15) is 11.9 Å². The second kappa shape index (κ2) is 7.74. The van der Waals surface area contributed by atoms with Crippen molar-refractivity contribution in [3.63, 3.8) is 0 Å². The van der Waals surface area contributed by atoms with E-state index >= 15 is 0 Å². The van der Waals surface area contributed by atoms with Crippen molar-refractivity contribution in [2.24, 2.45) is 0 Å². The number of hydrogen-bond acceptors (Lipinski definition) is 9. The van der Waals surface area contributed by atoms with Crippen LogP contribution in [0.3, 0.4) is 0 Å². The second-order valence-corrected chi connectivity index (χ2v) is 12.7. The lowest BCUT2D eigenvalue weighted by atomic mass is 10.3. The number of nitrogens with one attached hydrogen (secondary N) is 2. The summed E-state index contributed by atoms with van der Waals surface area (Å²) in [6, 6.07) is 0. The van der Waals surface area contributed by atoms with Gasteiger partial charge < -0.3 is 25.8 Å². The summed E-state index contributed by atoms with van der Waals surface area (Å²) in [4.78, 5) is 13.8. The lowest BCUT2D eigenvalue weighted by Crippen LogP contribution is -2.54. The van der Waals surface area contributed by atoms with E-state index in [1.54, 1.807) is 23.8 Å². The Morgan fingerprint density at radius 1 is 1.41 bits per heavy atom. The Morgan fingerprint density at radius 3 is 2.59 bits per heavy atom. The van der Waals surface area contributed by atoms with Crippen LogP contribution in [-0.2, 0) is 14.0 Å². The summed E-state index contributed by atoms with van der Waals surface area (Å²) >= 11 is 0. The zero-order valence-corrected chi connectivity index (χ0v) is 17.8. The number of hydrogen-bond donors (Lipinski definition) is 4. The predicted molar refractivity (Wildman–Crippen MR) is 111 cm³/mol. The summed E-state index contributed by atoms with van der Waals surface area (Å²) in [6.07, 6.45) is 5.14. The molecule has 2 rings (SSSR count). The Hall–Kier alpha value is -1.69. The first-order valence-electron chi connectivity index (χ1n) is 9.04. The van der Waals surface area contributed by atoms with E-state index in [-0.39, 0.29) is 24.9 Å². The monoisotopic (exact) mass is 403 g/mol. The fraction of sp³-hybridized carbons (Fsp3) is 0.750. The molecule has 27 heavy (non-hydrogen) atoms. The summed E-state index contributed by atoms with van der Waals surface area (Å²) in [5, 5.41) is 14.3. The topological polar surface area (TPSA) is 129 Å². The minimum absolute atomic E-state index is 0.0608. The number of aromatic nitrogens is 2. The summed E-state index contributed by atoms with van der Waals surface area (Å²) in [5.41, 5.74) is 6.67. The molecule has 0 fully saturated rings. The summed E-state index contributed by atoms with van der Waals surface area (Å²) in [7, 11) is -3.03. The lowest BCUT2D eigenvalue weighted by molar-refractivity contribution is -0.0307. The van der Waals surface area contributed by atoms with Crippen LogP contribution in [0.1, 0.15) is 27.2 Å². The van der Waals surface area contributed by atoms with Crippen molar-refractivity contribution in [3.05, 3.63) is 0 Å². The number of fused-ring (bicyclic) bond motifs is 1. The molecule has 0 amide bonds. The number of aliphatic hydroxyl groups is 1. The molecule has 2 atom stereocenters. The maximum Gasteiger partial charge on any atom is 0.224 e. The fourth-order valence-corrected chi connectivity index (χ4v) is 3.79. The molecule has 2 unspecified atom stereocenters. The molecule has 0 saturated carbocycles. The molecule has 0 aliphatic carbocycles. The van der Waals surface area contributed by atoms with Crippen LogP contribution in [0, 0.1) is 0 Å². The number of nitrogens with two attached hydrogens (primary N) is 1. The Kier molecular flexibility index (Phi) is 6.19. The van der Waals surface area contributed by atoms with E-state index in [4.69, 9.17) is 10.5 Å². The number of hydrazine groups is 1. The van der Waals surface area contributed by atoms with E-state index in [9.17, 15) is 9.32 Å². The van der Waals surface area contributed by atoms with Crippen LogP contribution in [0.5, 0.6) is 0 Å². The van der Waals surface area contributed by atoms with E-state index in [1.807, 2.05) is 25.7 Å². The van der Waals surface area contributed by atoms with Crippen molar-refractivity contribution in [2.75, 3.05) is 59.5 Å². The zero-order chi connectivity index (χ0) is 20.4. The highest BCUT2D eigenvalue weighted by Gasteiger charge is 2.33. The average molecular weight is 404 g/mol. The van der Waals surface area contributed by atoms with Crippen LogP contribution in [0.25, 0.3) is 0 Å². The zero-order valence-electron chi connectivity index (χ0n) is 17.0. The molecule has 0 radical (unpaired) electrons. The highest BCUT2D eigenvalue weighted by molar-refractivity contribution is 8.16. The Morgan fingerprint density at radius 2 is 2.07 bits per heavy atom. The average Bonchev–Trinajstić information content (AvgIpc) is 2.98. The van der Waals surface area contributed by atoms with Gasteiger partial charge in [0.15, 0.2) is 11.6 Å². The minimum Gasteiger partial charge on any atom is -0.394 e. The van der Waals surface area contributed by atoms with Crippen LogP contribution in [-0.4, -0.2) is 70.2 Å². The third-order valence-electron chi connectivity index (χ3n) is 3.92. The molecular formula is C16H33N7O3S. The van der Waals surface area contributed by atoms with Crippen molar-refractivity contribution < 1.29 is 14.1 Å². The van der Waals surface area contributed by atoms with Gasteiger partial charge in [-0.05, 0) is 29.5 Å². The predicted octanol–water partition coefficient (Wildman–Crippen LogP) is 0.337. The van der Waals surface area contributed by atoms with Crippen LogP contribution in [0.4, 0.5) is 23.3 Å². The third kappa shape index (κ3) is 5.41. The number of anilines is 4. The van der Waals surface area contributed by atoms with Crippen LogP contribution < -0.4 is 25.8 Å². The minimum atomic E-state index is -3.03. The molecule has 0 spiro atoms. The van der Waals surface area contributed by atoms with Gasteiger partial charge in [-0.2, -0.15) is 14.8 Å². The molecule has 10 nitrogen and oxygen atoms in total. The smallest absolute Gasteiger partial charge is 0.224 e. The van der Waals surface area contributed by atoms with Gasteiger partial charge in [0.2, 0.25) is 5.95 Å².